The molecule has 4 N–H and O–H groups in total. The van der Waals surface area contributed by atoms with Crippen molar-refractivity contribution in [2.75, 3.05) is 18.4 Å². The van der Waals surface area contributed by atoms with Crippen LogP contribution in [0.5, 0.6) is 0 Å². The van der Waals surface area contributed by atoms with Crippen LogP contribution in [0.3, 0.4) is 0 Å². The molecule has 0 aliphatic rings. The number of aliphatic carboxylic acids is 1. The molecule has 0 radical (unpaired) electrons. The van der Waals surface area contributed by atoms with E-state index in [4.69, 9.17) is 5.11 Å². The van der Waals surface area contributed by atoms with E-state index in [-0.39, 0.29) is 23.3 Å². The molecule has 0 spiro atoms. The predicted octanol–water partition coefficient (Wildman–Crippen LogP) is 6.52. The number of carboxylic acid groups (broad SMARTS) is 1. The van der Waals surface area contributed by atoms with E-state index in [2.05, 4.69) is 101 Å². The first-order chi connectivity index (χ1) is 18.2. The summed E-state index contributed by atoms with van der Waals surface area (Å²) in [7, 11) is 0. The average molecular weight is 530 g/mol. The Bertz CT molecular complexity index is 1300. The normalized spacial score (nSPS) is 11.8. The highest BCUT2D eigenvalue weighted by Crippen LogP contribution is 2.28. The van der Waals surface area contributed by atoms with Gasteiger partial charge in [-0.25, -0.2) is 0 Å². The lowest BCUT2D eigenvalue weighted by Crippen LogP contribution is -2.32. The summed E-state index contributed by atoms with van der Waals surface area (Å²) in [5, 5.41) is 18.5. The summed E-state index contributed by atoms with van der Waals surface area (Å²) in [5.41, 5.74) is 8.43. The van der Waals surface area contributed by atoms with Gasteiger partial charge >= 0.3 is 5.97 Å². The molecule has 0 bridgehead atoms. The highest BCUT2D eigenvalue weighted by Gasteiger charge is 2.16. The molecule has 1 amide bonds. The van der Waals surface area contributed by atoms with E-state index in [1.54, 1.807) is 0 Å². The van der Waals surface area contributed by atoms with Crippen molar-refractivity contribution in [3.63, 3.8) is 0 Å². The van der Waals surface area contributed by atoms with E-state index in [0.29, 0.717) is 25.2 Å². The van der Waals surface area contributed by atoms with Crippen molar-refractivity contribution >= 4 is 17.6 Å². The summed E-state index contributed by atoms with van der Waals surface area (Å²) in [6, 6.07) is 20.6. The van der Waals surface area contributed by atoms with Crippen LogP contribution in [0.15, 0.2) is 60.7 Å². The molecular formula is C33H43N3O3. The third-order valence-corrected chi connectivity index (χ3v) is 6.50. The molecule has 6 nitrogen and oxygen atoms in total. The number of benzene rings is 3. The summed E-state index contributed by atoms with van der Waals surface area (Å²) in [5.74, 6) is -0.920. The van der Waals surface area contributed by atoms with E-state index < -0.39 is 5.97 Å². The van der Waals surface area contributed by atoms with E-state index in [1.807, 2.05) is 24.3 Å². The fourth-order valence-electron chi connectivity index (χ4n) is 4.21. The molecule has 3 aromatic carbocycles. The van der Waals surface area contributed by atoms with E-state index in [9.17, 15) is 9.59 Å². The first-order valence-electron chi connectivity index (χ1n) is 13.5. The number of carbonyl (C=O) groups excluding carboxylic acids is 1. The molecule has 6 heteroatoms. The Morgan fingerprint density at radius 3 is 2.05 bits per heavy atom. The number of carbonyl (C=O) groups is 2. The summed E-state index contributed by atoms with van der Waals surface area (Å²) in [6.45, 7) is 16.6. The molecule has 0 aromatic heterocycles. The third kappa shape index (κ3) is 9.25. The van der Waals surface area contributed by atoms with Crippen molar-refractivity contribution in [2.24, 2.45) is 5.41 Å². The topological polar surface area (TPSA) is 90.5 Å². The molecule has 0 fully saturated rings. The number of anilines is 1. The minimum Gasteiger partial charge on any atom is -0.480 e. The maximum Gasteiger partial charge on any atom is 0.317 e. The first kappa shape index (κ1) is 29.9. The molecule has 3 aromatic rings. The van der Waals surface area contributed by atoms with Crippen LogP contribution in [-0.2, 0) is 23.3 Å². The highest BCUT2D eigenvalue weighted by atomic mass is 16.4. The Labute approximate surface area is 233 Å². The zero-order valence-corrected chi connectivity index (χ0v) is 24.4. The van der Waals surface area contributed by atoms with Gasteiger partial charge in [0.2, 0.25) is 0 Å². The molecule has 0 unspecified atom stereocenters. The largest absolute Gasteiger partial charge is 0.480 e. The number of hydrogen-bond donors (Lipinski definition) is 4. The van der Waals surface area contributed by atoms with Gasteiger partial charge in [-0.2, -0.15) is 0 Å². The Hall–Kier alpha value is -3.64. The van der Waals surface area contributed by atoms with Crippen LogP contribution >= 0.6 is 0 Å². The maximum atomic E-state index is 12.5. The maximum absolute atomic E-state index is 12.5. The summed E-state index contributed by atoms with van der Waals surface area (Å²) < 4.78 is 0. The summed E-state index contributed by atoms with van der Waals surface area (Å²) in [4.78, 5) is 23.4. The Balaban J connectivity index is 1.75. The van der Waals surface area contributed by atoms with Crippen molar-refractivity contribution in [3.8, 4) is 11.1 Å². The number of rotatable bonds is 10. The lowest BCUT2D eigenvalue weighted by atomic mass is 9.85. The molecule has 208 valence electrons. The highest BCUT2D eigenvalue weighted by molar-refractivity contribution is 5.94. The van der Waals surface area contributed by atoms with Gasteiger partial charge in [0.25, 0.3) is 5.91 Å². The van der Waals surface area contributed by atoms with Crippen molar-refractivity contribution < 1.29 is 14.7 Å². The van der Waals surface area contributed by atoms with Gasteiger partial charge in [-0.3, -0.25) is 9.59 Å². The Morgan fingerprint density at radius 1 is 0.821 bits per heavy atom. The number of aryl methyl sites for hydroxylation is 1. The second kappa shape index (κ2) is 12.5. The van der Waals surface area contributed by atoms with Crippen LogP contribution in [-0.4, -0.2) is 30.1 Å². The van der Waals surface area contributed by atoms with Crippen LogP contribution in [0.1, 0.15) is 74.2 Å². The van der Waals surface area contributed by atoms with Gasteiger partial charge in [0.15, 0.2) is 0 Å². The SMILES string of the molecule is Cc1ccc(NCc2cc(CNCC(=O)O)cc(C(C)(C)C)c2)cc1-c1ccc(C(=O)NCC(C)(C)C)cc1. The Kier molecular flexibility index (Phi) is 9.57. The van der Waals surface area contributed by atoms with Crippen LogP contribution in [0.2, 0.25) is 0 Å². The van der Waals surface area contributed by atoms with Crippen LogP contribution in [0, 0.1) is 12.3 Å². The molecule has 0 saturated heterocycles. The average Bonchev–Trinajstić information content (AvgIpc) is 2.85. The van der Waals surface area contributed by atoms with Crippen molar-refractivity contribution in [1.82, 2.24) is 10.6 Å². The lowest BCUT2D eigenvalue weighted by Gasteiger charge is -2.22. The van der Waals surface area contributed by atoms with E-state index in [1.165, 1.54) is 5.56 Å². The third-order valence-electron chi connectivity index (χ3n) is 6.50. The molecule has 0 aliphatic heterocycles. The molecule has 0 heterocycles. The number of carboxylic acids is 1. The minimum atomic E-state index is -0.863. The molecule has 3 rings (SSSR count). The van der Waals surface area contributed by atoms with E-state index in [0.717, 1.165) is 33.5 Å². The van der Waals surface area contributed by atoms with Crippen LogP contribution in [0.4, 0.5) is 5.69 Å². The van der Waals surface area contributed by atoms with Gasteiger partial charge in [0, 0.05) is 30.9 Å². The molecule has 0 saturated carbocycles. The quantitative estimate of drug-likeness (QED) is 0.240. The number of nitrogens with one attached hydrogen (secondary N) is 3. The van der Waals surface area contributed by atoms with E-state index >= 15 is 0 Å². The first-order valence-corrected chi connectivity index (χ1v) is 13.5. The summed E-state index contributed by atoms with van der Waals surface area (Å²) >= 11 is 0. The Morgan fingerprint density at radius 2 is 1.46 bits per heavy atom. The van der Waals surface area contributed by atoms with Gasteiger partial charge in [0.1, 0.15) is 0 Å². The monoisotopic (exact) mass is 529 g/mol. The molecule has 0 aliphatic carbocycles. The van der Waals surface area contributed by atoms with Gasteiger partial charge in [-0.15, -0.1) is 0 Å². The lowest BCUT2D eigenvalue weighted by molar-refractivity contribution is -0.136. The number of amides is 1. The zero-order valence-electron chi connectivity index (χ0n) is 24.4. The standard InChI is InChI=1S/C33H43N3O3/c1-22-8-13-28(17-29(22)25-9-11-26(12-10-25)31(39)36-21-32(2,3)4)35-19-24-14-23(18-34-20-30(37)38)15-27(16-24)33(5,6)7/h8-17,34-35H,18-21H2,1-7H3,(H,36,39)(H,37,38). The fraction of sp³-hybridized carbons (Fsp3) is 0.394. The second-order valence-electron chi connectivity index (χ2n) is 12.5. The summed E-state index contributed by atoms with van der Waals surface area (Å²) in [6.07, 6.45) is 0. The zero-order chi connectivity index (χ0) is 28.8. The van der Waals surface area contributed by atoms with Crippen molar-refractivity contribution in [1.29, 1.82) is 0 Å². The van der Waals surface area contributed by atoms with Gasteiger partial charge in [-0.05, 0) is 75.4 Å². The van der Waals surface area contributed by atoms with Crippen LogP contribution in [0.25, 0.3) is 11.1 Å². The number of hydrogen-bond acceptors (Lipinski definition) is 4. The van der Waals surface area contributed by atoms with Gasteiger partial charge < -0.3 is 21.1 Å². The van der Waals surface area contributed by atoms with Gasteiger partial charge in [-0.1, -0.05) is 77.9 Å². The van der Waals surface area contributed by atoms with Gasteiger partial charge in [0.05, 0.1) is 6.54 Å². The van der Waals surface area contributed by atoms with Crippen molar-refractivity contribution in [2.45, 2.75) is 67.0 Å². The fourth-order valence-corrected chi connectivity index (χ4v) is 4.21. The molecular weight excluding hydrogens is 486 g/mol. The molecule has 0 atom stereocenters. The second-order valence-corrected chi connectivity index (χ2v) is 12.5. The molecule has 39 heavy (non-hydrogen) atoms. The van der Waals surface area contributed by atoms with Crippen molar-refractivity contribution in [3.05, 3.63) is 88.5 Å². The van der Waals surface area contributed by atoms with Crippen LogP contribution < -0.4 is 16.0 Å². The smallest absolute Gasteiger partial charge is 0.317 e. The minimum absolute atomic E-state index is 0.0234. The predicted molar refractivity (Wildman–Crippen MR) is 160 cm³/mol.